The zero-order valence-electron chi connectivity index (χ0n) is 7.42. The van der Waals surface area contributed by atoms with Crippen LogP contribution in [-0.2, 0) is 4.74 Å². The predicted molar refractivity (Wildman–Crippen MR) is 44.9 cm³/mol. The molecular formula is C8H17NO3. The molecule has 72 valence electrons. The molecule has 0 amide bonds. The van der Waals surface area contributed by atoms with Crippen LogP contribution in [0, 0.1) is 0 Å². The van der Waals surface area contributed by atoms with E-state index in [1.165, 1.54) is 0 Å². The number of ether oxygens (including phenoxy) is 1. The fraction of sp³-hybridized carbons (Fsp3) is 1.00. The van der Waals surface area contributed by atoms with Gasteiger partial charge in [0.05, 0.1) is 25.4 Å². The smallest absolute Gasteiger partial charge is 0.0633 e. The van der Waals surface area contributed by atoms with E-state index in [0.717, 1.165) is 13.0 Å². The van der Waals surface area contributed by atoms with Gasteiger partial charge in [0.1, 0.15) is 0 Å². The number of rotatable bonds is 4. The maximum atomic E-state index is 8.98. The lowest BCUT2D eigenvalue weighted by Crippen LogP contribution is -2.53. The van der Waals surface area contributed by atoms with E-state index in [1.54, 1.807) is 6.92 Å². The summed E-state index contributed by atoms with van der Waals surface area (Å²) in [5.41, 5.74) is -0.571. The second-order valence-electron chi connectivity index (χ2n) is 3.58. The van der Waals surface area contributed by atoms with E-state index in [-0.39, 0.29) is 19.3 Å². The molecule has 1 rings (SSSR count). The molecule has 0 aromatic rings. The van der Waals surface area contributed by atoms with Gasteiger partial charge in [0.25, 0.3) is 0 Å². The Kier molecular flexibility index (Phi) is 3.46. The lowest BCUT2D eigenvalue weighted by molar-refractivity contribution is 0.0902. The molecule has 0 aliphatic carbocycles. The topological polar surface area (TPSA) is 61.7 Å². The third-order valence-corrected chi connectivity index (χ3v) is 2.18. The van der Waals surface area contributed by atoms with Crippen LogP contribution in [-0.4, -0.2) is 48.2 Å². The molecule has 0 radical (unpaired) electrons. The lowest BCUT2D eigenvalue weighted by atomic mass is 10.0. The third kappa shape index (κ3) is 2.42. The molecule has 4 heteroatoms. The maximum absolute atomic E-state index is 8.98. The lowest BCUT2D eigenvalue weighted by Gasteiger charge is -2.29. The van der Waals surface area contributed by atoms with Crippen LogP contribution in [0.2, 0.25) is 0 Å². The van der Waals surface area contributed by atoms with Gasteiger partial charge in [-0.15, -0.1) is 0 Å². The van der Waals surface area contributed by atoms with E-state index < -0.39 is 5.54 Å². The van der Waals surface area contributed by atoms with Crippen molar-refractivity contribution in [2.75, 3.05) is 26.4 Å². The summed E-state index contributed by atoms with van der Waals surface area (Å²) in [6, 6.07) is 0.272. The number of aliphatic hydroxyl groups excluding tert-OH is 2. The molecule has 0 saturated carbocycles. The largest absolute Gasteiger partial charge is 0.394 e. The molecule has 0 bridgehead atoms. The van der Waals surface area contributed by atoms with Gasteiger partial charge in [-0.25, -0.2) is 0 Å². The molecule has 1 fully saturated rings. The molecule has 1 saturated heterocycles. The number of hydrogen-bond acceptors (Lipinski definition) is 4. The van der Waals surface area contributed by atoms with E-state index in [4.69, 9.17) is 14.9 Å². The minimum atomic E-state index is -0.571. The van der Waals surface area contributed by atoms with Crippen LogP contribution < -0.4 is 5.32 Å². The van der Waals surface area contributed by atoms with Gasteiger partial charge in [-0.1, -0.05) is 0 Å². The van der Waals surface area contributed by atoms with Crippen LogP contribution in [0.3, 0.4) is 0 Å². The first kappa shape index (κ1) is 9.92. The Hall–Kier alpha value is -0.160. The van der Waals surface area contributed by atoms with Gasteiger partial charge in [0, 0.05) is 12.6 Å². The summed E-state index contributed by atoms with van der Waals surface area (Å²) in [4.78, 5) is 0. The third-order valence-electron chi connectivity index (χ3n) is 2.18. The fourth-order valence-electron chi connectivity index (χ4n) is 1.28. The molecule has 12 heavy (non-hydrogen) atoms. The Morgan fingerprint density at radius 3 is 2.58 bits per heavy atom. The molecule has 1 heterocycles. The monoisotopic (exact) mass is 175 g/mol. The first-order chi connectivity index (χ1) is 5.70. The Bertz CT molecular complexity index is 130. The van der Waals surface area contributed by atoms with E-state index >= 15 is 0 Å². The van der Waals surface area contributed by atoms with Crippen molar-refractivity contribution in [1.29, 1.82) is 0 Å². The van der Waals surface area contributed by atoms with Crippen molar-refractivity contribution in [2.24, 2.45) is 0 Å². The van der Waals surface area contributed by atoms with Crippen molar-refractivity contribution in [2.45, 2.75) is 24.9 Å². The van der Waals surface area contributed by atoms with Crippen LogP contribution >= 0.6 is 0 Å². The first-order valence-corrected chi connectivity index (χ1v) is 4.27. The standard InChI is InChI=1S/C8H17NO3/c1-8(5-10,6-11)9-7-2-3-12-4-7/h7,9-11H,2-6H2,1H3. The Morgan fingerprint density at radius 2 is 2.17 bits per heavy atom. The Labute approximate surface area is 72.5 Å². The summed E-state index contributed by atoms with van der Waals surface area (Å²) < 4.78 is 5.17. The van der Waals surface area contributed by atoms with Gasteiger partial charge in [0.15, 0.2) is 0 Å². The zero-order valence-corrected chi connectivity index (χ0v) is 7.42. The zero-order chi connectivity index (χ0) is 9.03. The summed E-state index contributed by atoms with van der Waals surface area (Å²) in [5, 5.41) is 21.1. The van der Waals surface area contributed by atoms with E-state index in [9.17, 15) is 0 Å². The van der Waals surface area contributed by atoms with Crippen LogP contribution in [0.5, 0.6) is 0 Å². The second kappa shape index (κ2) is 4.18. The predicted octanol–water partition coefficient (Wildman–Crippen LogP) is -0.892. The minimum absolute atomic E-state index is 0.0556. The van der Waals surface area contributed by atoms with Crippen molar-refractivity contribution < 1.29 is 14.9 Å². The highest BCUT2D eigenvalue weighted by atomic mass is 16.5. The van der Waals surface area contributed by atoms with Gasteiger partial charge in [0.2, 0.25) is 0 Å². The summed E-state index contributed by atoms with van der Waals surface area (Å²) in [7, 11) is 0. The second-order valence-corrected chi connectivity index (χ2v) is 3.58. The molecule has 1 aliphatic rings. The van der Waals surface area contributed by atoms with Gasteiger partial charge in [-0.3, -0.25) is 0 Å². The summed E-state index contributed by atoms with van der Waals surface area (Å²) in [5.74, 6) is 0. The normalized spacial score (nSPS) is 24.8. The van der Waals surface area contributed by atoms with Crippen LogP contribution in [0.25, 0.3) is 0 Å². The SMILES string of the molecule is CC(CO)(CO)NC1CCOC1. The minimum Gasteiger partial charge on any atom is -0.394 e. The number of aliphatic hydroxyl groups is 2. The van der Waals surface area contributed by atoms with Gasteiger partial charge >= 0.3 is 0 Å². The van der Waals surface area contributed by atoms with E-state index in [1.807, 2.05) is 0 Å². The van der Waals surface area contributed by atoms with Crippen LogP contribution in [0.1, 0.15) is 13.3 Å². The molecule has 0 aromatic heterocycles. The average Bonchev–Trinajstić information content (AvgIpc) is 2.57. The van der Waals surface area contributed by atoms with Crippen molar-refractivity contribution >= 4 is 0 Å². The first-order valence-electron chi connectivity index (χ1n) is 4.27. The maximum Gasteiger partial charge on any atom is 0.0633 e. The van der Waals surface area contributed by atoms with Crippen LogP contribution in [0.15, 0.2) is 0 Å². The van der Waals surface area contributed by atoms with Crippen LogP contribution in [0.4, 0.5) is 0 Å². The Balaban J connectivity index is 2.35. The molecule has 4 nitrogen and oxygen atoms in total. The number of hydrogen-bond donors (Lipinski definition) is 3. The van der Waals surface area contributed by atoms with Crippen molar-refractivity contribution in [3.05, 3.63) is 0 Å². The highest BCUT2D eigenvalue weighted by Crippen LogP contribution is 2.09. The van der Waals surface area contributed by atoms with Gasteiger partial charge in [-0.05, 0) is 13.3 Å². The van der Waals surface area contributed by atoms with E-state index in [2.05, 4.69) is 5.32 Å². The van der Waals surface area contributed by atoms with E-state index in [0.29, 0.717) is 6.61 Å². The van der Waals surface area contributed by atoms with Crippen molar-refractivity contribution in [1.82, 2.24) is 5.32 Å². The highest BCUT2D eigenvalue weighted by molar-refractivity contribution is 4.86. The average molecular weight is 175 g/mol. The molecule has 0 aromatic carbocycles. The highest BCUT2D eigenvalue weighted by Gasteiger charge is 2.27. The van der Waals surface area contributed by atoms with Gasteiger partial charge in [-0.2, -0.15) is 0 Å². The van der Waals surface area contributed by atoms with Crippen molar-refractivity contribution in [3.63, 3.8) is 0 Å². The molecular weight excluding hydrogens is 158 g/mol. The molecule has 1 unspecified atom stereocenters. The fourth-order valence-corrected chi connectivity index (χ4v) is 1.28. The molecule has 1 aliphatic heterocycles. The summed E-state index contributed by atoms with van der Waals surface area (Å²) >= 11 is 0. The molecule has 0 spiro atoms. The quantitative estimate of drug-likeness (QED) is 0.518. The molecule has 3 N–H and O–H groups in total. The van der Waals surface area contributed by atoms with Crippen molar-refractivity contribution in [3.8, 4) is 0 Å². The number of nitrogens with one attached hydrogen (secondary N) is 1. The Morgan fingerprint density at radius 1 is 1.50 bits per heavy atom. The molecule has 1 atom stereocenters. The van der Waals surface area contributed by atoms with Gasteiger partial charge < -0.3 is 20.3 Å². The summed E-state index contributed by atoms with van der Waals surface area (Å²) in [6.45, 7) is 3.13. The summed E-state index contributed by atoms with van der Waals surface area (Å²) in [6.07, 6.45) is 0.954.